The highest BCUT2D eigenvalue weighted by Crippen LogP contribution is 2.32. The first-order chi connectivity index (χ1) is 10.6. The number of piperidine rings is 1. The van der Waals surface area contributed by atoms with Crippen LogP contribution in [-0.4, -0.2) is 46.8 Å². The number of hydrogen-bond donors (Lipinski definition) is 2. The third-order valence-corrected chi connectivity index (χ3v) is 4.68. The number of ether oxygens (including phenoxy) is 1. The van der Waals surface area contributed by atoms with Gasteiger partial charge in [-0.3, -0.25) is 4.79 Å². The molecule has 1 unspecified atom stereocenters. The summed E-state index contributed by atoms with van der Waals surface area (Å²) in [7, 11) is 1.37. The molecule has 2 N–H and O–H groups in total. The Morgan fingerprint density at radius 1 is 1.32 bits per heavy atom. The molecule has 0 spiro atoms. The van der Waals surface area contributed by atoms with Crippen LogP contribution in [-0.2, 0) is 22.5 Å². The summed E-state index contributed by atoms with van der Waals surface area (Å²) < 4.78 is 6.83. The summed E-state index contributed by atoms with van der Waals surface area (Å²) in [5.41, 5.74) is 0.768. The van der Waals surface area contributed by atoms with Crippen molar-refractivity contribution in [3.05, 3.63) is 17.2 Å². The van der Waals surface area contributed by atoms with Crippen molar-refractivity contribution in [3.63, 3.8) is 0 Å². The first-order valence-electron chi connectivity index (χ1n) is 7.73. The van der Waals surface area contributed by atoms with E-state index in [1.54, 1.807) is 0 Å². The van der Waals surface area contributed by atoms with Gasteiger partial charge < -0.3 is 19.7 Å². The van der Waals surface area contributed by atoms with Gasteiger partial charge in [-0.1, -0.05) is 0 Å². The second-order valence-electron chi connectivity index (χ2n) is 5.96. The van der Waals surface area contributed by atoms with Crippen molar-refractivity contribution < 1.29 is 19.4 Å². The number of hydrogen-bond acceptors (Lipinski definition) is 5. The number of aromatic carboxylic acids is 1. The standard InChI is InChI=1S/C15H21N3O4/c1-22-15(21)10-4-7-18-11(8-10)12(14(19)20)17-13(18)9-2-5-16-6-3-9/h9-10,16H,2-8H2,1H3,(H,19,20). The van der Waals surface area contributed by atoms with Crippen LogP contribution >= 0.6 is 0 Å². The Morgan fingerprint density at radius 2 is 2.05 bits per heavy atom. The maximum absolute atomic E-state index is 11.8. The molecule has 2 aliphatic heterocycles. The van der Waals surface area contributed by atoms with Gasteiger partial charge >= 0.3 is 11.9 Å². The topological polar surface area (TPSA) is 93.5 Å². The minimum absolute atomic E-state index is 0.0992. The Labute approximate surface area is 128 Å². The van der Waals surface area contributed by atoms with Gasteiger partial charge in [0.25, 0.3) is 0 Å². The van der Waals surface area contributed by atoms with E-state index in [1.165, 1.54) is 7.11 Å². The first kappa shape index (κ1) is 15.0. The van der Waals surface area contributed by atoms with E-state index >= 15 is 0 Å². The number of rotatable bonds is 3. The fraction of sp³-hybridized carbons (Fsp3) is 0.667. The molecular formula is C15H21N3O4. The highest BCUT2D eigenvalue weighted by molar-refractivity contribution is 5.87. The van der Waals surface area contributed by atoms with Crippen LogP contribution in [0.3, 0.4) is 0 Å². The number of imidazole rings is 1. The van der Waals surface area contributed by atoms with Crippen molar-refractivity contribution in [2.24, 2.45) is 5.92 Å². The molecular weight excluding hydrogens is 286 g/mol. The van der Waals surface area contributed by atoms with Crippen LogP contribution in [0.25, 0.3) is 0 Å². The summed E-state index contributed by atoms with van der Waals surface area (Å²) in [6.45, 7) is 2.49. The van der Waals surface area contributed by atoms with Crippen molar-refractivity contribution in [3.8, 4) is 0 Å². The van der Waals surface area contributed by atoms with Crippen LogP contribution < -0.4 is 5.32 Å². The second kappa shape index (κ2) is 6.08. The van der Waals surface area contributed by atoms with E-state index in [0.717, 1.165) is 31.8 Å². The Kier molecular flexibility index (Phi) is 4.15. The van der Waals surface area contributed by atoms with E-state index in [1.807, 2.05) is 4.57 Å². The van der Waals surface area contributed by atoms with E-state index < -0.39 is 5.97 Å². The highest BCUT2D eigenvalue weighted by Gasteiger charge is 2.34. The largest absolute Gasteiger partial charge is 0.476 e. The van der Waals surface area contributed by atoms with Crippen LogP contribution in [0.1, 0.15) is 47.2 Å². The van der Waals surface area contributed by atoms with Gasteiger partial charge in [-0.25, -0.2) is 9.78 Å². The van der Waals surface area contributed by atoms with Crippen molar-refractivity contribution in [1.29, 1.82) is 0 Å². The van der Waals surface area contributed by atoms with Crippen LogP contribution in [0.5, 0.6) is 0 Å². The molecule has 1 fully saturated rings. The van der Waals surface area contributed by atoms with Crippen molar-refractivity contribution in [1.82, 2.24) is 14.9 Å². The molecule has 1 aromatic rings. The van der Waals surface area contributed by atoms with Gasteiger partial charge in [0.05, 0.1) is 18.7 Å². The first-order valence-corrected chi connectivity index (χ1v) is 7.73. The molecule has 22 heavy (non-hydrogen) atoms. The van der Waals surface area contributed by atoms with Gasteiger partial charge in [0.1, 0.15) is 5.82 Å². The van der Waals surface area contributed by atoms with Crippen LogP contribution in [0.4, 0.5) is 0 Å². The van der Waals surface area contributed by atoms with Gasteiger partial charge in [-0.05, 0) is 32.4 Å². The molecule has 1 aromatic heterocycles. The number of carboxylic acid groups (broad SMARTS) is 1. The van der Waals surface area contributed by atoms with Crippen LogP contribution in [0.2, 0.25) is 0 Å². The molecule has 0 bridgehead atoms. The fourth-order valence-corrected chi connectivity index (χ4v) is 3.51. The molecule has 1 saturated heterocycles. The van der Waals surface area contributed by atoms with Gasteiger partial charge in [0, 0.05) is 18.9 Å². The Balaban J connectivity index is 1.95. The van der Waals surface area contributed by atoms with Gasteiger partial charge in [-0.2, -0.15) is 0 Å². The van der Waals surface area contributed by atoms with Crippen LogP contribution in [0, 0.1) is 5.92 Å². The predicted octanol–water partition coefficient (Wildman–Crippen LogP) is 0.784. The zero-order valence-corrected chi connectivity index (χ0v) is 12.7. The zero-order chi connectivity index (χ0) is 15.7. The number of nitrogens with zero attached hydrogens (tertiary/aromatic N) is 2. The third-order valence-electron chi connectivity index (χ3n) is 4.68. The monoisotopic (exact) mass is 307 g/mol. The lowest BCUT2D eigenvalue weighted by molar-refractivity contribution is -0.146. The number of aromatic nitrogens is 2. The minimum Gasteiger partial charge on any atom is -0.476 e. The number of esters is 1. The van der Waals surface area contributed by atoms with Crippen molar-refractivity contribution >= 4 is 11.9 Å². The highest BCUT2D eigenvalue weighted by atomic mass is 16.5. The molecule has 0 aliphatic carbocycles. The number of carbonyl (C=O) groups excluding carboxylic acids is 1. The number of nitrogens with one attached hydrogen (secondary N) is 1. The Bertz CT molecular complexity index is 590. The average Bonchev–Trinajstić information content (AvgIpc) is 2.94. The minimum atomic E-state index is -1.02. The summed E-state index contributed by atoms with van der Waals surface area (Å²) in [6, 6.07) is 0. The van der Waals surface area contributed by atoms with Gasteiger partial charge in [0.15, 0.2) is 5.69 Å². The summed E-state index contributed by atoms with van der Waals surface area (Å²) in [5, 5.41) is 12.7. The van der Waals surface area contributed by atoms with E-state index in [-0.39, 0.29) is 17.6 Å². The molecule has 7 nitrogen and oxygen atoms in total. The van der Waals surface area contributed by atoms with E-state index in [4.69, 9.17) is 4.74 Å². The van der Waals surface area contributed by atoms with E-state index in [9.17, 15) is 14.7 Å². The third kappa shape index (κ3) is 2.61. The maximum atomic E-state index is 11.8. The Morgan fingerprint density at radius 3 is 2.68 bits per heavy atom. The molecule has 1 atom stereocenters. The van der Waals surface area contributed by atoms with Crippen LogP contribution in [0.15, 0.2) is 0 Å². The molecule has 3 rings (SSSR count). The molecule has 0 radical (unpaired) electrons. The Hall–Kier alpha value is -1.89. The lowest BCUT2D eigenvalue weighted by atomic mass is 9.93. The number of carboxylic acids is 1. The molecule has 120 valence electrons. The van der Waals surface area contributed by atoms with E-state index in [0.29, 0.717) is 31.0 Å². The number of methoxy groups -OCH3 is 1. The lowest BCUT2D eigenvalue weighted by Crippen LogP contribution is -2.31. The second-order valence-corrected chi connectivity index (χ2v) is 5.96. The van der Waals surface area contributed by atoms with E-state index in [2.05, 4.69) is 10.3 Å². The summed E-state index contributed by atoms with van der Waals surface area (Å²) in [4.78, 5) is 27.7. The van der Waals surface area contributed by atoms with Gasteiger partial charge in [0.2, 0.25) is 0 Å². The fourth-order valence-electron chi connectivity index (χ4n) is 3.51. The summed E-state index contributed by atoms with van der Waals surface area (Å²) in [5.74, 6) is -0.394. The number of carbonyl (C=O) groups is 2. The number of fused-ring (bicyclic) bond motifs is 1. The smallest absolute Gasteiger partial charge is 0.356 e. The molecule has 3 heterocycles. The predicted molar refractivity (Wildman–Crippen MR) is 77.9 cm³/mol. The summed E-state index contributed by atoms with van der Waals surface area (Å²) >= 11 is 0. The molecule has 0 saturated carbocycles. The average molecular weight is 307 g/mol. The van der Waals surface area contributed by atoms with Crippen molar-refractivity contribution in [2.75, 3.05) is 20.2 Å². The molecule has 0 amide bonds. The summed E-state index contributed by atoms with van der Waals surface area (Å²) in [6.07, 6.45) is 3.01. The maximum Gasteiger partial charge on any atom is 0.356 e. The SMILES string of the molecule is COC(=O)C1CCn2c(C3CCNCC3)nc(C(=O)O)c2C1. The van der Waals surface area contributed by atoms with Crippen molar-refractivity contribution in [2.45, 2.75) is 38.1 Å². The molecule has 0 aromatic carbocycles. The quantitative estimate of drug-likeness (QED) is 0.802. The normalized spacial score (nSPS) is 22.1. The van der Waals surface area contributed by atoms with Gasteiger partial charge in [-0.15, -0.1) is 0 Å². The molecule has 7 heteroatoms. The molecule has 2 aliphatic rings. The zero-order valence-electron chi connectivity index (χ0n) is 12.7. The lowest BCUT2D eigenvalue weighted by Gasteiger charge is -2.27.